The summed E-state index contributed by atoms with van der Waals surface area (Å²) < 4.78 is 12.2. The second-order valence-electron chi connectivity index (χ2n) is 12.6. The van der Waals surface area contributed by atoms with Gasteiger partial charge in [0.1, 0.15) is 11.5 Å². The summed E-state index contributed by atoms with van der Waals surface area (Å²) in [6.45, 7) is 1.76. The number of hydrogen-bond acceptors (Lipinski definition) is 8. The number of thioether (sulfide) groups is 1. The number of fused-ring (bicyclic) bond motifs is 9. The normalized spacial score (nSPS) is 27.0. The van der Waals surface area contributed by atoms with Crippen molar-refractivity contribution in [3.63, 3.8) is 0 Å². The van der Waals surface area contributed by atoms with E-state index in [1.54, 1.807) is 43.1 Å². The molecule has 0 spiro atoms. The molecule has 47 heavy (non-hydrogen) atoms. The number of thiazole rings is 1. The van der Waals surface area contributed by atoms with Crippen LogP contribution in [0.5, 0.6) is 11.5 Å². The molecule has 2 saturated carbocycles. The molecule has 240 valence electrons. The number of nitrogens with one attached hydrogen (secondary N) is 2. The van der Waals surface area contributed by atoms with Gasteiger partial charge >= 0.3 is 4.87 Å². The monoisotopic (exact) mass is 731 g/mol. The lowest BCUT2D eigenvalue weighted by molar-refractivity contribution is -0.123. The number of anilines is 2. The molecule has 3 fully saturated rings. The number of aromatic amines is 1. The lowest BCUT2D eigenvalue weighted by Crippen LogP contribution is -2.42. The van der Waals surface area contributed by atoms with Crippen molar-refractivity contribution in [1.29, 1.82) is 0 Å². The molecule has 0 radical (unpaired) electrons. The summed E-state index contributed by atoms with van der Waals surface area (Å²) in [7, 11) is 1.58. The van der Waals surface area contributed by atoms with E-state index in [1.165, 1.54) is 16.2 Å². The second kappa shape index (κ2) is 11.7. The smallest absolute Gasteiger partial charge is 0.305 e. The van der Waals surface area contributed by atoms with Gasteiger partial charge in [0.25, 0.3) is 5.91 Å². The fourth-order valence-corrected chi connectivity index (χ4v) is 11.5. The third-order valence-corrected chi connectivity index (χ3v) is 13.1. The third-order valence-electron chi connectivity index (χ3n) is 10.1. The van der Waals surface area contributed by atoms with Crippen LogP contribution in [0.4, 0.5) is 11.4 Å². The first-order chi connectivity index (χ1) is 22.7. The number of aryl methyl sites for hydroxylation is 1. The lowest BCUT2D eigenvalue weighted by atomic mass is 9.68. The third kappa shape index (κ3) is 5.03. The Morgan fingerprint density at radius 1 is 1.00 bits per heavy atom. The maximum atomic E-state index is 14.1. The molecule has 3 amide bonds. The standard InChI is InChI=1S/C35H30BrN3O6S2/c1-16-3-8-19(9-4-16)39-33(41)28-22-14-23(29(28)34(39)42)30-27(22)26(31-32(46-30)38-35(43)47-31)21-13-17(36)5-12-24(21)45-15-25(40)37-18-6-10-20(44-2)11-7-18/h3-13,22-23,26-30H,14-15H2,1-2H3,(H,37,40)(H,38,43)/t22-,23-,26+,27-,28+,29+,30-/m1/s1. The second-order valence-corrected chi connectivity index (χ2v) is 15.7. The number of carbonyl (C=O) groups excluding carboxylic acids is 3. The summed E-state index contributed by atoms with van der Waals surface area (Å²) in [6, 6.07) is 20.3. The molecule has 3 aromatic carbocycles. The summed E-state index contributed by atoms with van der Waals surface area (Å²) in [5.74, 6) is -0.456. The van der Waals surface area contributed by atoms with Crippen molar-refractivity contribution in [2.24, 2.45) is 29.6 Å². The number of nitrogens with zero attached hydrogens (tertiary/aromatic N) is 1. The molecule has 9 nitrogen and oxygen atoms in total. The van der Waals surface area contributed by atoms with Gasteiger partial charge in [-0.15, -0.1) is 11.8 Å². The van der Waals surface area contributed by atoms with Crippen molar-refractivity contribution in [2.75, 3.05) is 23.9 Å². The molecule has 1 aromatic heterocycles. The van der Waals surface area contributed by atoms with Crippen molar-refractivity contribution < 1.29 is 23.9 Å². The van der Waals surface area contributed by atoms with E-state index in [4.69, 9.17) is 9.47 Å². The van der Waals surface area contributed by atoms with Crippen LogP contribution in [0, 0.1) is 36.5 Å². The highest BCUT2D eigenvalue weighted by molar-refractivity contribution is 9.10. The van der Waals surface area contributed by atoms with E-state index in [-0.39, 0.29) is 64.0 Å². The van der Waals surface area contributed by atoms with E-state index in [1.807, 2.05) is 49.4 Å². The number of amides is 3. The van der Waals surface area contributed by atoms with Crippen molar-refractivity contribution in [3.05, 3.63) is 96.9 Å². The van der Waals surface area contributed by atoms with E-state index in [0.29, 0.717) is 22.9 Å². The van der Waals surface area contributed by atoms with Gasteiger partial charge in [-0.2, -0.15) is 0 Å². The minimum atomic E-state index is -0.415. The van der Waals surface area contributed by atoms with Crippen molar-refractivity contribution in [1.82, 2.24) is 4.98 Å². The predicted octanol–water partition coefficient (Wildman–Crippen LogP) is 6.21. The first-order valence-electron chi connectivity index (χ1n) is 15.4. The highest BCUT2D eigenvalue weighted by Crippen LogP contribution is 2.69. The van der Waals surface area contributed by atoms with Gasteiger partial charge in [-0.25, -0.2) is 0 Å². The molecule has 4 aliphatic rings. The Morgan fingerprint density at radius 2 is 1.72 bits per heavy atom. The molecule has 2 aliphatic carbocycles. The molecule has 2 N–H and O–H groups in total. The van der Waals surface area contributed by atoms with E-state index in [2.05, 4.69) is 26.2 Å². The molecule has 2 bridgehead atoms. The number of halogens is 1. The van der Waals surface area contributed by atoms with Crippen LogP contribution in [-0.4, -0.2) is 41.7 Å². The zero-order valence-corrected chi connectivity index (χ0v) is 28.6. The minimum absolute atomic E-state index is 0.00209. The Hall–Kier alpha value is -3.87. The first kappa shape index (κ1) is 30.5. The summed E-state index contributed by atoms with van der Waals surface area (Å²) in [5, 5.41) is 3.70. The number of rotatable bonds is 7. The first-order valence-corrected chi connectivity index (χ1v) is 17.9. The van der Waals surface area contributed by atoms with E-state index >= 15 is 0 Å². The molecule has 1 saturated heterocycles. The summed E-state index contributed by atoms with van der Waals surface area (Å²) in [5.41, 5.74) is 3.14. The minimum Gasteiger partial charge on any atom is -0.497 e. The average molecular weight is 733 g/mol. The van der Waals surface area contributed by atoms with Crippen molar-refractivity contribution >= 4 is 68.1 Å². The largest absolute Gasteiger partial charge is 0.497 e. The number of methoxy groups -OCH3 is 1. The topological polar surface area (TPSA) is 118 Å². The maximum Gasteiger partial charge on any atom is 0.305 e. The number of imide groups is 1. The van der Waals surface area contributed by atoms with Crippen LogP contribution >= 0.6 is 39.0 Å². The predicted molar refractivity (Wildman–Crippen MR) is 183 cm³/mol. The van der Waals surface area contributed by atoms with Gasteiger partial charge in [0.2, 0.25) is 11.8 Å². The molecule has 2 aliphatic heterocycles. The quantitative estimate of drug-likeness (QED) is 0.217. The number of hydrogen-bond donors (Lipinski definition) is 2. The Bertz CT molecular complexity index is 1980. The SMILES string of the molecule is COc1ccc(NC(=O)COc2ccc(Br)cc2[C@@H]2c3sc(=O)[nH]c3S[C@@H]3[C@@H]4C[C@@H]([C@@H]5C(=O)N(c6ccc(C)cc6)C(=O)[C@@H]45)[C@H]23)cc1. The Morgan fingerprint density at radius 3 is 2.45 bits per heavy atom. The number of carbonyl (C=O) groups is 3. The van der Waals surface area contributed by atoms with Crippen molar-refractivity contribution in [2.45, 2.75) is 29.5 Å². The van der Waals surface area contributed by atoms with Gasteiger partial charge in [-0.1, -0.05) is 45.0 Å². The highest BCUT2D eigenvalue weighted by atomic mass is 79.9. The van der Waals surface area contributed by atoms with E-state index in [9.17, 15) is 19.2 Å². The number of benzene rings is 3. The summed E-state index contributed by atoms with van der Waals surface area (Å²) >= 11 is 6.46. The van der Waals surface area contributed by atoms with Crippen LogP contribution in [0.1, 0.15) is 28.3 Å². The van der Waals surface area contributed by atoms with Gasteiger partial charge in [0, 0.05) is 31.8 Å². The fraction of sp³-hybridized carbons (Fsp3) is 0.314. The van der Waals surface area contributed by atoms with Crippen LogP contribution in [0.2, 0.25) is 0 Å². The van der Waals surface area contributed by atoms with Crippen LogP contribution < -0.4 is 24.6 Å². The molecular weight excluding hydrogens is 702 g/mol. The summed E-state index contributed by atoms with van der Waals surface area (Å²) in [6.07, 6.45) is 0.779. The number of ether oxygens (including phenoxy) is 2. The Labute approximate surface area is 287 Å². The zero-order chi connectivity index (χ0) is 32.6. The lowest BCUT2D eigenvalue weighted by Gasteiger charge is -2.43. The zero-order valence-electron chi connectivity index (χ0n) is 25.4. The van der Waals surface area contributed by atoms with Gasteiger partial charge in [0.05, 0.1) is 29.7 Å². The number of aromatic nitrogens is 1. The molecule has 4 aromatic rings. The maximum absolute atomic E-state index is 14.1. The number of H-pyrrole nitrogens is 1. The van der Waals surface area contributed by atoms with Crippen LogP contribution in [0.25, 0.3) is 0 Å². The fourth-order valence-electron chi connectivity index (χ4n) is 8.22. The highest BCUT2D eigenvalue weighted by Gasteiger charge is 2.69. The molecule has 3 heterocycles. The molecule has 7 atom stereocenters. The molecule has 0 unspecified atom stereocenters. The van der Waals surface area contributed by atoms with Crippen LogP contribution in [0.15, 0.2) is 81.0 Å². The van der Waals surface area contributed by atoms with E-state index in [0.717, 1.165) is 31.9 Å². The van der Waals surface area contributed by atoms with Crippen LogP contribution in [0.3, 0.4) is 0 Å². The van der Waals surface area contributed by atoms with Gasteiger partial charge in [-0.05, 0) is 85.7 Å². The van der Waals surface area contributed by atoms with Crippen molar-refractivity contribution in [3.8, 4) is 11.5 Å². The average Bonchev–Trinajstić information content (AvgIpc) is 3.80. The van der Waals surface area contributed by atoms with Gasteiger partial charge in [0.15, 0.2) is 6.61 Å². The summed E-state index contributed by atoms with van der Waals surface area (Å²) in [4.78, 5) is 58.9. The Kier molecular flexibility index (Phi) is 7.57. The van der Waals surface area contributed by atoms with Crippen LogP contribution in [-0.2, 0) is 14.4 Å². The van der Waals surface area contributed by atoms with Gasteiger partial charge < -0.3 is 19.8 Å². The Balaban J connectivity index is 1.12. The molecule has 12 heteroatoms. The molecular formula is C35H30BrN3O6S2. The molecule has 8 rings (SSSR count). The van der Waals surface area contributed by atoms with E-state index < -0.39 is 5.92 Å². The van der Waals surface area contributed by atoms with Gasteiger partial charge in [-0.3, -0.25) is 24.1 Å².